The maximum atomic E-state index is 11.8. The molecule has 0 aliphatic rings. The van der Waals surface area contributed by atoms with Crippen molar-refractivity contribution in [3.63, 3.8) is 0 Å². The van der Waals surface area contributed by atoms with E-state index in [2.05, 4.69) is 16.0 Å². The number of carbonyl (C=O) groups is 1. The number of rotatable bonds is 5. The standard InChI is InChI=1S/C13H15NO3S.2C2H6/c1-4-12(5-2)18(16)14-11-8-6-10(7-9-11)13(15)17-3;2*1-2/h4-9,14H,1H2,2-3H3;2*1-2H3/b12-5+;;. The number of methoxy groups -OCH3 is 1. The first-order valence-corrected chi connectivity index (χ1v) is 8.43. The van der Waals surface area contributed by atoms with Crippen molar-refractivity contribution in [2.75, 3.05) is 11.8 Å². The van der Waals surface area contributed by atoms with Gasteiger partial charge >= 0.3 is 5.97 Å². The molecule has 0 aromatic heterocycles. The van der Waals surface area contributed by atoms with E-state index in [9.17, 15) is 9.00 Å². The summed E-state index contributed by atoms with van der Waals surface area (Å²) in [5.74, 6) is -0.400. The molecule has 0 aliphatic heterocycles. The first-order valence-electron chi connectivity index (χ1n) is 7.28. The van der Waals surface area contributed by atoms with Crippen LogP contribution in [0.15, 0.2) is 47.9 Å². The second-order valence-electron chi connectivity index (χ2n) is 3.33. The molecule has 0 saturated carbocycles. The summed E-state index contributed by atoms with van der Waals surface area (Å²) in [4.78, 5) is 11.8. The van der Waals surface area contributed by atoms with Crippen molar-refractivity contribution < 1.29 is 13.7 Å². The van der Waals surface area contributed by atoms with E-state index in [1.165, 1.54) is 13.2 Å². The number of nitrogens with one attached hydrogen (secondary N) is 1. The van der Waals surface area contributed by atoms with Gasteiger partial charge < -0.3 is 9.46 Å². The minimum Gasteiger partial charge on any atom is -0.465 e. The van der Waals surface area contributed by atoms with Crippen LogP contribution in [0.5, 0.6) is 0 Å². The van der Waals surface area contributed by atoms with E-state index in [0.29, 0.717) is 16.2 Å². The monoisotopic (exact) mass is 325 g/mol. The Balaban J connectivity index is 0. The third-order valence-corrected chi connectivity index (χ3v) is 3.47. The van der Waals surface area contributed by atoms with Gasteiger partial charge in [-0.15, -0.1) is 0 Å². The van der Waals surface area contributed by atoms with Crippen LogP contribution in [-0.2, 0) is 15.7 Å². The fraction of sp³-hybridized carbons (Fsp3) is 0.353. The van der Waals surface area contributed by atoms with Gasteiger partial charge in [-0.05, 0) is 31.2 Å². The molecule has 1 unspecified atom stereocenters. The molecule has 1 rings (SSSR count). The van der Waals surface area contributed by atoms with Crippen molar-refractivity contribution in [1.29, 1.82) is 0 Å². The van der Waals surface area contributed by atoms with Crippen molar-refractivity contribution >= 4 is 22.6 Å². The van der Waals surface area contributed by atoms with Gasteiger partial charge in [-0.25, -0.2) is 9.00 Å². The highest BCUT2D eigenvalue weighted by Crippen LogP contribution is 2.13. The van der Waals surface area contributed by atoms with Crippen LogP contribution >= 0.6 is 0 Å². The van der Waals surface area contributed by atoms with Crippen LogP contribution in [0.1, 0.15) is 45.0 Å². The number of anilines is 1. The molecule has 1 N–H and O–H groups in total. The van der Waals surface area contributed by atoms with E-state index < -0.39 is 17.0 Å². The van der Waals surface area contributed by atoms with Gasteiger partial charge in [-0.3, -0.25) is 0 Å². The third-order valence-electron chi connectivity index (χ3n) is 2.22. The molecule has 0 bridgehead atoms. The summed E-state index contributed by atoms with van der Waals surface area (Å²) < 4.78 is 19.2. The maximum Gasteiger partial charge on any atom is 0.337 e. The first-order chi connectivity index (χ1) is 10.6. The molecule has 0 heterocycles. The molecule has 4 nitrogen and oxygen atoms in total. The lowest BCUT2D eigenvalue weighted by Gasteiger charge is -2.07. The molecule has 1 aromatic carbocycles. The SMILES string of the molecule is C=C/C(=C\C)S(=O)Nc1ccc(C(=O)OC)cc1.CC.CC. The van der Waals surface area contributed by atoms with Crippen molar-refractivity contribution in [1.82, 2.24) is 0 Å². The highest BCUT2D eigenvalue weighted by Gasteiger charge is 2.06. The van der Waals surface area contributed by atoms with Gasteiger partial charge in [0.1, 0.15) is 11.0 Å². The van der Waals surface area contributed by atoms with Crippen molar-refractivity contribution in [2.24, 2.45) is 0 Å². The van der Waals surface area contributed by atoms with E-state index in [1.807, 2.05) is 27.7 Å². The van der Waals surface area contributed by atoms with Crippen LogP contribution in [0, 0.1) is 0 Å². The minimum atomic E-state index is -1.35. The van der Waals surface area contributed by atoms with Crippen molar-refractivity contribution in [3.8, 4) is 0 Å². The molecular weight excluding hydrogens is 298 g/mol. The quantitative estimate of drug-likeness (QED) is 0.631. The summed E-state index contributed by atoms with van der Waals surface area (Å²) in [6, 6.07) is 6.55. The highest BCUT2D eigenvalue weighted by atomic mass is 32.2. The Hall–Kier alpha value is -1.88. The fourth-order valence-corrected chi connectivity index (χ4v) is 2.09. The molecule has 5 heteroatoms. The molecule has 0 spiro atoms. The second kappa shape index (κ2) is 14.1. The molecule has 0 amide bonds. The van der Waals surface area contributed by atoms with E-state index in [4.69, 9.17) is 0 Å². The summed E-state index contributed by atoms with van der Waals surface area (Å²) >= 11 is 0. The van der Waals surface area contributed by atoms with Crippen molar-refractivity contribution in [3.05, 3.63) is 53.5 Å². The topological polar surface area (TPSA) is 55.4 Å². The zero-order valence-corrected chi connectivity index (χ0v) is 15.1. The van der Waals surface area contributed by atoms with Crippen LogP contribution in [0.2, 0.25) is 0 Å². The zero-order chi connectivity index (χ0) is 17.5. The molecule has 0 aliphatic carbocycles. The first kappa shape index (κ1) is 22.4. The van der Waals surface area contributed by atoms with E-state index >= 15 is 0 Å². The van der Waals surface area contributed by atoms with Gasteiger partial charge in [0, 0.05) is 5.69 Å². The van der Waals surface area contributed by atoms with Gasteiger partial charge in [-0.2, -0.15) is 0 Å². The van der Waals surface area contributed by atoms with E-state index in [1.54, 1.807) is 37.3 Å². The largest absolute Gasteiger partial charge is 0.465 e. The number of carbonyl (C=O) groups excluding carboxylic acids is 1. The summed E-state index contributed by atoms with van der Waals surface area (Å²) in [5, 5.41) is 0. The van der Waals surface area contributed by atoms with Gasteiger partial charge in [0.05, 0.1) is 17.6 Å². The van der Waals surface area contributed by atoms with Crippen LogP contribution in [0.4, 0.5) is 5.69 Å². The fourth-order valence-electron chi connectivity index (χ4n) is 1.26. The molecule has 22 heavy (non-hydrogen) atoms. The number of hydrogen-bond acceptors (Lipinski definition) is 3. The van der Waals surface area contributed by atoms with Gasteiger partial charge in [0.15, 0.2) is 0 Å². The summed E-state index contributed by atoms with van der Waals surface area (Å²) in [6.45, 7) is 13.4. The number of hydrogen-bond donors (Lipinski definition) is 1. The number of allylic oxidation sites excluding steroid dienone is 2. The van der Waals surface area contributed by atoms with Crippen LogP contribution in [0.3, 0.4) is 0 Å². The van der Waals surface area contributed by atoms with Crippen molar-refractivity contribution in [2.45, 2.75) is 34.6 Å². The molecule has 0 fully saturated rings. The normalized spacial score (nSPS) is 10.9. The average Bonchev–Trinajstić information content (AvgIpc) is 2.59. The lowest BCUT2D eigenvalue weighted by atomic mass is 10.2. The predicted molar refractivity (Wildman–Crippen MR) is 96.2 cm³/mol. The third kappa shape index (κ3) is 7.78. The number of benzene rings is 1. The zero-order valence-electron chi connectivity index (χ0n) is 14.3. The maximum absolute atomic E-state index is 11.8. The number of esters is 1. The smallest absolute Gasteiger partial charge is 0.337 e. The Bertz CT molecular complexity index is 493. The molecule has 1 atom stereocenters. The summed E-state index contributed by atoms with van der Waals surface area (Å²) in [6.07, 6.45) is 3.25. The number of ether oxygens (including phenoxy) is 1. The van der Waals surface area contributed by atoms with Gasteiger partial charge in [0.2, 0.25) is 0 Å². The lowest BCUT2D eigenvalue weighted by Crippen LogP contribution is -2.06. The Labute approximate surface area is 136 Å². The Kier molecular flexibility index (Phi) is 14.3. The Morgan fingerprint density at radius 1 is 1.18 bits per heavy atom. The second-order valence-corrected chi connectivity index (χ2v) is 4.55. The molecular formula is C17H27NO3S. The summed E-state index contributed by atoms with van der Waals surface area (Å²) in [5.41, 5.74) is 1.10. The lowest BCUT2D eigenvalue weighted by molar-refractivity contribution is 0.0601. The predicted octanol–water partition coefficient (Wildman–Crippen LogP) is 4.69. The molecule has 1 aromatic rings. The molecule has 0 radical (unpaired) electrons. The van der Waals surface area contributed by atoms with Crippen LogP contribution in [0.25, 0.3) is 0 Å². The van der Waals surface area contributed by atoms with Crippen LogP contribution in [-0.4, -0.2) is 17.3 Å². The van der Waals surface area contributed by atoms with E-state index in [-0.39, 0.29) is 0 Å². The van der Waals surface area contributed by atoms with Gasteiger partial charge in [0.25, 0.3) is 0 Å². The summed E-state index contributed by atoms with van der Waals surface area (Å²) in [7, 11) is -0.0257. The Morgan fingerprint density at radius 3 is 2.05 bits per heavy atom. The average molecular weight is 325 g/mol. The molecule has 0 saturated heterocycles. The minimum absolute atomic E-state index is 0.400. The van der Waals surface area contributed by atoms with E-state index in [0.717, 1.165) is 0 Å². The molecule has 124 valence electrons. The van der Waals surface area contributed by atoms with Gasteiger partial charge in [-0.1, -0.05) is 46.4 Å². The van der Waals surface area contributed by atoms with Crippen LogP contribution < -0.4 is 4.72 Å². The highest BCUT2D eigenvalue weighted by molar-refractivity contribution is 7.90. The Morgan fingerprint density at radius 2 is 1.68 bits per heavy atom.